The minimum absolute atomic E-state index is 0.211. The number of nitrogens with one attached hydrogen (secondary N) is 1. The standard InChI is InChI=1S/C13H24N2O2S/c16-18(17,10-11-4-5-11)15-8-2-1-3-13(15)9-14-12-6-7-12/h11-14H,1-10H2. The Kier molecular flexibility index (Phi) is 3.65. The Labute approximate surface area is 110 Å². The van der Waals surface area contributed by atoms with Crippen LogP contribution < -0.4 is 5.32 Å². The Morgan fingerprint density at radius 1 is 1.06 bits per heavy atom. The number of nitrogens with zero attached hydrogens (tertiary/aromatic N) is 1. The maximum absolute atomic E-state index is 12.4. The molecule has 1 aliphatic heterocycles. The summed E-state index contributed by atoms with van der Waals surface area (Å²) in [5, 5.41) is 3.49. The van der Waals surface area contributed by atoms with Gasteiger partial charge in [-0.3, -0.25) is 0 Å². The first-order chi connectivity index (χ1) is 8.65. The normalized spacial score (nSPS) is 30.6. The molecule has 0 spiro atoms. The summed E-state index contributed by atoms with van der Waals surface area (Å²) in [4.78, 5) is 0. The van der Waals surface area contributed by atoms with Crippen molar-refractivity contribution in [1.82, 2.24) is 9.62 Å². The Morgan fingerprint density at radius 2 is 1.83 bits per heavy atom. The lowest BCUT2D eigenvalue weighted by atomic mass is 10.1. The van der Waals surface area contributed by atoms with Crippen LogP contribution in [0.15, 0.2) is 0 Å². The van der Waals surface area contributed by atoms with Crippen LogP contribution >= 0.6 is 0 Å². The molecule has 0 amide bonds. The lowest BCUT2D eigenvalue weighted by molar-refractivity contribution is 0.245. The lowest BCUT2D eigenvalue weighted by Gasteiger charge is -2.35. The van der Waals surface area contributed by atoms with Crippen LogP contribution in [-0.2, 0) is 10.0 Å². The van der Waals surface area contributed by atoms with Crippen molar-refractivity contribution in [3.63, 3.8) is 0 Å². The SMILES string of the molecule is O=S(=O)(CC1CC1)N1CCCCC1CNC1CC1. The molecule has 3 rings (SSSR count). The quantitative estimate of drug-likeness (QED) is 0.793. The van der Waals surface area contributed by atoms with Gasteiger partial charge >= 0.3 is 0 Å². The second-order valence-corrected chi connectivity index (χ2v) is 8.13. The molecule has 3 aliphatic rings. The van der Waals surface area contributed by atoms with Crippen molar-refractivity contribution in [2.24, 2.45) is 5.92 Å². The fraction of sp³-hybridized carbons (Fsp3) is 1.00. The van der Waals surface area contributed by atoms with Crippen molar-refractivity contribution in [2.45, 2.75) is 57.0 Å². The van der Waals surface area contributed by atoms with Crippen LogP contribution in [0.3, 0.4) is 0 Å². The van der Waals surface area contributed by atoms with E-state index in [1.165, 1.54) is 19.3 Å². The molecule has 0 aromatic rings. The summed E-state index contributed by atoms with van der Waals surface area (Å²) in [6.07, 6.45) is 7.99. The molecule has 18 heavy (non-hydrogen) atoms. The van der Waals surface area contributed by atoms with Crippen LogP contribution in [0.5, 0.6) is 0 Å². The molecule has 1 unspecified atom stereocenters. The van der Waals surface area contributed by atoms with Gasteiger partial charge in [-0.15, -0.1) is 0 Å². The van der Waals surface area contributed by atoms with Gasteiger partial charge in [-0.1, -0.05) is 6.42 Å². The van der Waals surface area contributed by atoms with Gasteiger partial charge in [0, 0.05) is 25.2 Å². The first-order valence-corrected chi connectivity index (χ1v) is 8.99. The smallest absolute Gasteiger partial charge is 0.214 e. The van der Waals surface area contributed by atoms with Gasteiger partial charge in [0.15, 0.2) is 0 Å². The van der Waals surface area contributed by atoms with Crippen LogP contribution in [-0.4, -0.2) is 43.6 Å². The van der Waals surface area contributed by atoms with E-state index in [0.717, 1.165) is 38.8 Å². The Hall–Kier alpha value is -0.130. The third-order valence-corrected chi connectivity index (χ3v) is 6.38. The van der Waals surface area contributed by atoms with Crippen molar-refractivity contribution >= 4 is 10.0 Å². The van der Waals surface area contributed by atoms with E-state index >= 15 is 0 Å². The van der Waals surface area contributed by atoms with Gasteiger partial charge in [0.25, 0.3) is 0 Å². The van der Waals surface area contributed by atoms with Crippen molar-refractivity contribution in [2.75, 3.05) is 18.8 Å². The highest BCUT2D eigenvalue weighted by Gasteiger charge is 2.37. The summed E-state index contributed by atoms with van der Waals surface area (Å²) >= 11 is 0. The van der Waals surface area contributed by atoms with Crippen LogP contribution in [0, 0.1) is 5.92 Å². The molecule has 1 N–H and O–H groups in total. The average molecular weight is 272 g/mol. The van der Waals surface area contributed by atoms with Gasteiger partial charge in [-0.05, 0) is 44.4 Å². The monoisotopic (exact) mass is 272 g/mol. The molecule has 2 aliphatic carbocycles. The van der Waals surface area contributed by atoms with E-state index in [1.54, 1.807) is 0 Å². The molecular formula is C13H24N2O2S. The molecule has 0 radical (unpaired) electrons. The van der Waals surface area contributed by atoms with Crippen molar-refractivity contribution < 1.29 is 8.42 Å². The third-order valence-electron chi connectivity index (χ3n) is 4.29. The van der Waals surface area contributed by atoms with E-state index in [1.807, 2.05) is 4.31 Å². The summed E-state index contributed by atoms with van der Waals surface area (Å²) in [5.74, 6) is 0.849. The zero-order valence-corrected chi connectivity index (χ0v) is 11.8. The van der Waals surface area contributed by atoms with E-state index in [-0.39, 0.29) is 6.04 Å². The number of rotatable bonds is 6. The maximum atomic E-state index is 12.4. The summed E-state index contributed by atoms with van der Waals surface area (Å²) in [6.45, 7) is 1.60. The van der Waals surface area contributed by atoms with Crippen LogP contribution in [0.1, 0.15) is 44.9 Å². The minimum Gasteiger partial charge on any atom is -0.312 e. The second-order valence-electron chi connectivity index (χ2n) is 6.16. The van der Waals surface area contributed by atoms with E-state index in [2.05, 4.69) is 5.32 Å². The van der Waals surface area contributed by atoms with Gasteiger partial charge in [-0.2, -0.15) is 4.31 Å². The number of sulfonamides is 1. The molecule has 4 nitrogen and oxygen atoms in total. The molecule has 2 saturated carbocycles. The van der Waals surface area contributed by atoms with E-state index in [4.69, 9.17) is 0 Å². The number of hydrogen-bond donors (Lipinski definition) is 1. The van der Waals surface area contributed by atoms with Crippen molar-refractivity contribution in [3.05, 3.63) is 0 Å². The highest BCUT2D eigenvalue weighted by atomic mass is 32.2. The predicted molar refractivity (Wildman–Crippen MR) is 71.9 cm³/mol. The predicted octanol–water partition coefficient (Wildman–Crippen LogP) is 1.33. The van der Waals surface area contributed by atoms with Gasteiger partial charge < -0.3 is 5.32 Å². The van der Waals surface area contributed by atoms with Crippen LogP contribution in [0.25, 0.3) is 0 Å². The molecule has 1 saturated heterocycles. The summed E-state index contributed by atoms with van der Waals surface area (Å²) in [6, 6.07) is 0.878. The Balaban J connectivity index is 1.61. The van der Waals surface area contributed by atoms with Crippen molar-refractivity contribution in [1.29, 1.82) is 0 Å². The zero-order chi connectivity index (χ0) is 12.6. The minimum atomic E-state index is -3.00. The van der Waals surface area contributed by atoms with E-state index in [0.29, 0.717) is 17.7 Å². The third kappa shape index (κ3) is 3.25. The van der Waals surface area contributed by atoms with Crippen molar-refractivity contribution in [3.8, 4) is 0 Å². The maximum Gasteiger partial charge on any atom is 0.214 e. The first kappa shape index (κ1) is 12.9. The summed E-state index contributed by atoms with van der Waals surface area (Å²) < 4.78 is 26.6. The molecule has 104 valence electrons. The van der Waals surface area contributed by atoms with Gasteiger partial charge in [0.2, 0.25) is 10.0 Å². The molecule has 1 atom stereocenters. The second kappa shape index (κ2) is 5.10. The molecule has 0 aromatic carbocycles. The van der Waals surface area contributed by atoms with E-state index in [9.17, 15) is 8.42 Å². The summed E-state index contributed by atoms with van der Waals surface area (Å²) in [5.41, 5.74) is 0. The first-order valence-electron chi connectivity index (χ1n) is 7.38. The fourth-order valence-electron chi connectivity index (χ4n) is 2.81. The topological polar surface area (TPSA) is 49.4 Å². The van der Waals surface area contributed by atoms with Gasteiger partial charge in [-0.25, -0.2) is 8.42 Å². The number of piperidine rings is 1. The van der Waals surface area contributed by atoms with E-state index < -0.39 is 10.0 Å². The molecule has 0 bridgehead atoms. The highest BCUT2D eigenvalue weighted by Crippen LogP contribution is 2.32. The molecule has 1 heterocycles. The zero-order valence-electron chi connectivity index (χ0n) is 11.0. The Bertz CT molecular complexity index is 388. The molecular weight excluding hydrogens is 248 g/mol. The van der Waals surface area contributed by atoms with Crippen LogP contribution in [0.2, 0.25) is 0 Å². The van der Waals surface area contributed by atoms with Crippen LogP contribution in [0.4, 0.5) is 0 Å². The van der Waals surface area contributed by atoms with Gasteiger partial charge in [0.05, 0.1) is 5.75 Å². The molecule has 0 aromatic heterocycles. The molecule has 3 fully saturated rings. The number of hydrogen-bond acceptors (Lipinski definition) is 3. The average Bonchev–Trinajstić information content (AvgIpc) is 3.21. The molecule has 5 heteroatoms. The lowest BCUT2D eigenvalue weighted by Crippen LogP contribution is -2.49. The highest BCUT2D eigenvalue weighted by molar-refractivity contribution is 7.89. The summed E-state index contributed by atoms with van der Waals surface area (Å²) in [7, 11) is -3.00. The van der Waals surface area contributed by atoms with Gasteiger partial charge in [0.1, 0.15) is 0 Å². The largest absolute Gasteiger partial charge is 0.312 e. The Morgan fingerprint density at radius 3 is 2.50 bits per heavy atom. The fourth-order valence-corrected chi connectivity index (χ4v) is 4.97.